The summed E-state index contributed by atoms with van der Waals surface area (Å²) in [6.07, 6.45) is 5.01. The average Bonchev–Trinajstić information content (AvgIpc) is 3.24. The number of aliphatic imine (C=N–C) groups is 1. The SMILES string of the molecule is N#Cc1ccc(-c2ccc(OCCCCOc3ccc(N=Cc4ccc(OCCCCOc5ccc(-c6ccc(C#N)cc6)cc5)c(O)c4)cc3)cc2)cc1. The van der Waals surface area contributed by atoms with Crippen LogP contribution < -0.4 is 18.9 Å². The average molecular weight is 728 g/mol. The number of phenolic OH excluding ortho intramolecular Hbond substituents is 1. The number of benzene rings is 6. The second kappa shape index (κ2) is 19.7. The van der Waals surface area contributed by atoms with Gasteiger partial charge in [0.1, 0.15) is 17.2 Å². The first-order valence-electron chi connectivity index (χ1n) is 18.3. The lowest BCUT2D eigenvalue weighted by molar-refractivity contribution is 0.260. The van der Waals surface area contributed by atoms with Crippen LogP contribution in [0.2, 0.25) is 0 Å². The summed E-state index contributed by atoms with van der Waals surface area (Å²) in [6.45, 7) is 2.21. The van der Waals surface area contributed by atoms with Crippen molar-refractivity contribution in [3.8, 4) is 63.1 Å². The molecule has 0 bridgehead atoms. The molecule has 6 rings (SSSR count). The summed E-state index contributed by atoms with van der Waals surface area (Å²) in [5, 5.41) is 28.5. The summed E-state index contributed by atoms with van der Waals surface area (Å²) in [5.74, 6) is 2.89. The zero-order valence-corrected chi connectivity index (χ0v) is 30.4. The number of phenols is 1. The Morgan fingerprint density at radius 1 is 0.473 bits per heavy atom. The molecular formula is C47H41N3O5. The van der Waals surface area contributed by atoms with Gasteiger partial charge in [0, 0.05) is 6.21 Å². The van der Waals surface area contributed by atoms with Crippen LogP contribution in [-0.2, 0) is 0 Å². The smallest absolute Gasteiger partial charge is 0.160 e. The maximum atomic E-state index is 10.5. The van der Waals surface area contributed by atoms with Crippen molar-refractivity contribution in [2.45, 2.75) is 25.7 Å². The van der Waals surface area contributed by atoms with Gasteiger partial charge in [0.05, 0.1) is 55.4 Å². The number of hydrogen-bond donors (Lipinski definition) is 1. The molecule has 0 aliphatic heterocycles. The molecule has 8 nitrogen and oxygen atoms in total. The fraction of sp³-hybridized carbons (Fsp3) is 0.170. The van der Waals surface area contributed by atoms with Crippen molar-refractivity contribution in [3.05, 3.63) is 156 Å². The number of rotatable bonds is 18. The summed E-state index contributed by atoms with van der Waals surface area (Å²) in [4.78, 5) is 4.53. The van der Waals surface area contributed by atoms with Crippen molar-refractivity contribution in [1.82, 2.24) is 0 Å². The molecule has 0 amide bonds. The van der Waals surface area contributed by atoms with E-state index in [0.717, 1.165) is 76.4 Å². The van der Waals surface area contributed by atoms with Crippen molar-refractivity contribution in [2.24, 2.45) is 4.99 Å². The topological polar surface area (TPSA) is 117 Å². The van der Waals surface area contributed by atoms with Gasteiger partial charge in [-0.25, -0.2) is 0 Å². The minimum Gasteiger partial charge on any atom is -0.504 e. The summed E-state index contributed by atoms with van der Waals surface area (Å²) < 4.78 is 23.5. The number of nitriles is 2. The van der Waals surface area contributed by atoms with Gasteiger partial charge in [-0.3, -0.25) is 4.99 Å². The molecule has 0 saturated carbocycles. The van der Waals surface area contributed by atoms with E-state index in [1.54, 1.807) is 18.3 Å². The lowest BCUT2D eigenvalue weighted by atomic mass is 10.0. The van der Waals surface area contributed by atoms with E-state index in [2.05, 4.69) is 17.1 Å². The van der Waals surface area contributed by atoms with E-state index in [9.17, 15) is 5.11 Å². The zero-order valence-electron chi connectivity index (χ0n) is 30.4. The predicted molar refractivity (Wildman–Crippen MR) is 215 cm³/mol. The molecule has 274 valence electrons. The summed E-state index contributed by atoms with van der Waals surface area (Å²) >= 11 is 0. The van der Waals surface area contributed by atoms with Crippen LogP contribution >= 0.6 is 0 Å². The minimum atomic E-state index is 0.0642. The molecule has 0 unspecified atom stereocenters. The van der Waals surface area contributed by atoms with Gasteiger partial charge >= 0.3 is 0 Å². The van der Waals surface area contributed by atoms with Gasteiger partial charge in [0.15, 0.2) is 11.5 Å². The van der Waals surface area contributed by atoms with Crippen LogP contribution in [0.15, 0.2) is 145 Å². The largest absolute Gasteiger partial charge is 0.504 e. The minimum absolute atomic E-state index is 0.0642. The number of nitrogens with zero attached hydrogens (tertiary/aromatic N) is 3. The molecule has 6 aromatic carbocycles. The van der Waals surface area contributed by atoms with Crippen LogP contribution in [0.1, 0.15) is 42.4 Å². The first kappa shape index (κ1) is 37.7. The number of unbranched alkanes of at least 4 members (excludes halogenated alkanes) is 2. The Hall–Kier alpha value is -7.03. The van der Waals surface area contributed by atoms with Gasteiger partial charge in [-0.2, -0.15) is 10.5 Å². The van der Waals surface area contributed by atoms with E-state index in [1.165, 1.54) is 0 Å². The van der Waals surface area contributed by atoms with E-state index < -0.39 is 0 Å². The van der Waals surface area contributed by atoms with Gasteiger partial charge in [0.2, 0.25) is 0 Å². The molecule has 55 heavy (non-hydrogen) atoms. The van der Waals surface area contributed by atoms with Crippen molar-refractivity contribution >= 4 is 11.9 Å². The third-order valence-electron chi connectivity index (χ3n) is 8.73. The summed E-state index contributed by atoms with van der Waals surface area (Å²) in [5.41, 5.74) is 7.08. The normalized spacial score (nSPS) is 10.7. The predicted octanol–water partition coefficient (Wildman–Crippen LogP) is 10.7. The van der Waals surface area contributed by atoms with E-state index >= 15 is 0 Å². The fourth-order valence-corrected chi connectivity index (χ4v) is 5.64. The quantitative estimate of drug-likeness (QED) is 0.0692. The number of ether oxygens (including phenoxy) is 4. The Labute approximate surface area is 322 Å². The van der Waals surface area contributed by atoms with Crippen LogP contribution in [0.25, 0.3) is 22.3 Å². The van der Waals surface area contributed by atoms with Crippen molar-refractivity contribution in [3.63, 3.8) is 0 Å². The van der Waals surface area contributed by atoms with Crippen LogP contribution in [0, 0.1) is 22.7 Å². The molecule has 1 N–H and O–H groups in total. The highest BCUT2D eigenvalue weighted by Gasteiger charge is 2.05. The first-order chi connectivity index (χ1) is 27.1. The lowest BCUT2D eigenvalue weighted by Crippen LogP contribution is -2.02. The second-order valence-electron chi connectivity index (χ2n) is 12.7. The standard InChI is InChI=1S/C47H41N3O5/c48-32-35-5-10-38(11-6-35)40-14-20-43(21-15-40)52-27-1-2-28-54-45-24-18-42(19-25-45)50-34-37-9-26-47(46(51)31-37)55-30-4-3-29-53-44-22-16-41(17-23-44)39-12-7-36(33-49)8-13-39/h5-26,31,34,51H,1-4,27-30H2. The molecule has 0 saturated heterocycles. The Bertz CT molecular complexity index is 2220. The molecule has 8 heteroatoms. The van der Waals surface area contributed by atoms with Crippen LogP contribution in [0.4, 0.5) is 5.69 Å². The van der Waals surface area contributed by atoms with E-state index in [0.29, 0.717) is 43.3 Å². The molecule has 0 fully saturated rings. The number of aromatic hydroxyl groups is 1. The Morgan fingerprint density at radius 3 is 1.25 bits per heavy atom. The molecule has 0 aliphatic carbocycles. The molecular weight excluding hydrogens is 687 g/mol. The highest BCUT2D eigenvalue weighted by Crippen LogP contribution is 2.28. The molecule has 0 heterocycles. The second-order valence-corrected chi connectivity index (χ2v) is 12.7. The first-order valence-corrected chi connectivity index (χ1v) is 18.3. The molecule has 0 radical (unpaired) electrons. The monoisotopic (exact) mass is 727 g/mol. The molecule has 0 atom stereocenters. The molecule has 6 aromatic rings. The summed E-state index contributed by atoms with van der Waals surface area (Å²) in [7, 11) is 0. The third-order valence-corrected chi connectivity index (χ3v) is 8.73. The molecule has 0 aromatic heterocycles. The number of hydrogen-bond acceptors (Lipinski definition) is 8. The Balaban J connectivity index is 0.832. The summed E-state index contributed by atoms with van der Waals surface area (Å²) in [6, 6.07) is 48.0. The third kappa shape index (κ3) is 11.5. The maximum absolute atomic E-state index is 10.5. The molecule has 0 aliphatic rings. The maximum Gasteiger partial charge on any atom is 0.160 e. The van der Waals surface area contributed by atoms with E-state index in [4.69, 9.17) is 29.5 Å². The highest BCUT2D eigenvalue weighted by atomic mass is 16.5. The van der Waals surface area contributed by atoms with E-state index in [1.807, 2.05) is 127 Å². The lowest BCUT2D eigenvalue weighted by Gasteiger charge is -2.10. The molecule has 0 spiro atoms. The van der Waals surface area contributed by atoms with Crippen LogP contribution in [0.5, 0.6) is 28.7 Å². The zero-order chi connectivity index (χ0) is 38.1. The van der Waals surface area contributed by atoms with E-state index in [-0.39, 0.29) is 5.75 Å². The van der Waals surface area contributed by atoms with Gasteiger partial charge in [-0.05, 0) is 144 Å². The van der Waals surface area contributed by atoms with Crippen molar-refractivity contribution in [1.29, 1.82) is 10.5 Å². The van der Waals surface area contributed by atoms with Gasteiger partial charge in [-0.15, -0.1) is 0 Å². The van der Waals surface area contributed by atoms with Crippen molar-refractivity contribution < 1.29 is 24.1 Å². The van der Waals surface area contributed by atoms with Crippen LogP contribution in [-0.4, -0.2) is 37.7 Å². The highest BCUT2D eigenvalue weighted by molar-refractivity contribution is 5.83. The van der Waals surface area contributed by atoms with Gasteiger partial charge in [0.25, 0.3) is 0 Å². The van der Waals surface area contributed by atoms with Crippen molar-refractivity contribution in [2.75, 3.05) is 26.4 Å². The van der Waals surface area contributed by atoms with Crippen LogP contribution in [0.3, 0.4) is 0 Å². The fourth-order valence-electron chi connectivity index (χ4n) is 5.64. The Kier molecular flexibility index (Phi) is 13.5. The van der Waals surface area contributed by atoms with Gasteiger partial charge in [-0.1, -0.05) is 48.5 Å². The van der Waals surface area contributed by atoms with Gasteiger partial charge < -0.3 is 24.1 Å². The Morgan fingerprint density at radius 2 is 0.855 bits per heavy atom.